The number of hydrogen-bond acceptors (Lipinski definition) is 16. The first-order valence-electron chi connectivity index (χ1n) is 38.4. The predicted molar refractivity (Wildman–Crippen MR) is 415 cm³/mol. The topological polar surface area (TPSA) is 344 Å². The van der Waals surface area contributed by atoms with E-state index in [9.17, 15) is 33.6 Å². The molecule has 7 aliphatic carbocycles. The molecule has 23 heteroatoms. The molecule has 111 heavy (non-hydrogen) atoms. The molecule has 14 rings (SSSR count). The fourth-order valence-electron chi connectivity index (χ4n) is 11.5. The Hall–Kier alpha value is -11.0. The lowest BCUT2D eigenvalue weighted by molar-refractivity contribution is -0.137. The molecule has 7 aliphatic rings. The highest BCUT2D eigenvalue weighted by Gasteiger charge is 2.26. The molecule has 0 spiro atoms. The number of rotatable bonds is 34. The van der Waals surface area contributed by atoms with Gasteiger partial charge in [0.2, 0.25) is 0 Å². The van der Waals surface area contributed by atoms with Gasteiger partial charge in [-0.2, -0.15) is 0 Å². The third-order valence-electron chi connectivity index (χ3n) is 19.6. The molecule has 0 saturated heterocycles. The van der Waals surface area contributed by atoms with Crippen LogP contribution >= 0.6 is 0 Å². The molecule has 23 nitrogen and oxygen atoms in total. The first-order valence-corrected chi connectivity index (χ1v) is 38.4. The van der Waals surface area contributed by atoms with E-state index in [2.05, 4.69) is 0 Å². The van der Waals surface area contributed by atoms with Gasteiger partial charge in [0.25, 0.3) is 0 Å². The highest BCUT2D eigenvalue weighted by atomic mass is 16.5. The molecule has 0 heterocycles. The average Bonchev–Trinajstić information content (AvgIpc) is 1.86. The maximum absolute atomic E-state index is 10.9. The van der Waals surface area contributed by atoms with Crippen LogP contribution in [0.25, 0.3) is 0 Å². The van der Waals surface area contributed by atoms with E-state index in [1.807, 2.05) is 36.4 Å². The van der Waals surface area contributed by atoms with Crippen LogP contribution in [0.3, 0.4) is 0 Å². The Morgan fingerprint density at radius 1 is 0.306 bits per heavy atom. The molecule has 7 aromatic carbocycles. The number of benzene rings is 7. The summed E-state index contributed by atoms with van der Waals surface area (Å²) < 4.78 is 49.8. The smallest absolute Gasteiger partial charge is 0.339 e. The van der Waals surface area contributed by atoms with E-state index in [0.29, 0.717) is 83.2 Å². The van der Waals surface area contributed by atoms with E-state index >= 15 is 0 Å². The van der Waals surface area contributed by atoms with Crippen LogP contribution in [0.4, 0.5) is 0 Å². The molecule has 0 amide bonds. The average molecular weight is 1530 g/mol. The summed E-state index contributed by atoms with van der Waals surface area (Å²) in [6.07, 6.45) is 24.6. The number of aryl methyl sites for hydroxylation is 1. The molecule has 0 bridgehead atoms. The van der Waals surface area contributed by atoms with Crippen LogP contribution in [0, 0.1) is 35.5 Å². The zero-order valence-electron chi connectivity index (χ0n) is 63.4. The SMILES string of the molecule is COc1cc(CC(=O)O)ccc1OC1CCCC1.COc1cc(CC(=O)O)ccc1OCC1CCC1.O=C(O)CCc1ccc(OCC2CC2)cc1.O=C(O)Cc1ccc(OCC2CC2)cc1.O=C(O)c1ccc(OCC2CC2)cc1.O=C(O)c1ccc(OCC2CCC2)cc1.O=C(O)c1ccccc1OCC1CCC1. The quantitative estimate of drug-likeness (QED) is 0.0197. The van der Waals surface area contributed by atoms with E-state index < -0.39 is 41.8 Å². The largest absolute Gasteiger partial charge is 0.493 e. The summed E-state index contributed by atoms with van der Waals surface area (Å²) in [6.45, 7) is 4.48. The summed E-state index contributed by atoms with van der Waals surface area (Å²) in [5.41, 5.74) is 4.13. The summed E-state index contributed by atoms with van der Waals surface area (Å²) in [6, 6.07) is 45.4. The molecule has 7 N–H and O–H groups in total. The van der Waals surface area contributed by atoms with Crippen LogP contribution in [0.5, 0.6) is 51.7 Å². The molecule has 0 aliphatic heterocycles. The third kappa shape index (κ3) is 33.4. The molecule has 0 radical (unpaired) electrons. The van der Waals surface area contributed by atoms with Crippen molar-refractivity contribution < 1.29 is 112 Å². The minimum absolute atomic E-state index is 0.0000680. The summed E-state index contributed by atoms with van der Waals surface area (Å²) in [5, 5.41) is 60.9. The van der Waals surface area contributed by atoms with Crippen molar-refractivity contribution in [3.05, 3.63) is 197 Å². The van der Waals surface area contributed by atoms with Gasteiger partial charge in [-0.3, -0.25) is 19.2 Å². The van der Waals surface area contributed by atoms with Gasteiger partial charge < -0.3 is 78.4 Å². The first-order chi connectivity index (χ1) is 53.6. The molecule has 0 aromatic heterocycles. The van der Waals surface area contributed by atoms with Gasteiger partial charge in [0, 0.05) is 6.42 Å². The standard InChI is InChI=1S/2C14H18O4.C13H16O3.3C12H14O3.C11H12O3/c1-17-13-7-11(8-14(15)16)5-6-12(13)18-9-10-3-2-4-10;1-17-13-8-10(9-14(15)16)6-7-12(13)18-11-4-2-3-5-11;14-13(15)8-5-10-3-6-12(7-4-10)16-9-11-1-2-11;13-12(14)7-9-3-5-11(6-4-9)15-8-10-1-2-10;13-12(14)10-6-1-2-7-11(10)15-8-9-4-3-5-9;13-12(14)10-4-6-11(7-5-10)15-8-9-2-1-3-9;12-11(13)9-3-5-10(6-4-9)14-7-8-1-2-8/h5-7,10H,2-4,8-9H2,1H3,(H,15,16);6-8,11H,2-5,9H2,1H3,(H,15,16);3-4,6-7,11H,1-2,5,8-9H2,(H,14,15);3-6,10H,1-2,7-8H2,(H,13,14);1-2,6-7,9H,3-5,8H2,(H,13,14);4-7,9H,1-3,8H2,(H,13,14);3-6,8H,1-2,7H2,(H,12,13). The lowest BCUT2D eigenvalue weighted by atomic mass is 9.86. The number of carboxylic acid groups (broad SMARTS) is 7. The van der Waals surface area contributed by atoms with E-state index in [0.717, 1.165) is 96.4 Å². The zero-order chi connectivity index (χ0) is 79.3. The summed E-state index contributed by atoms with van der Waals surface area (Å²) in [5.74, 6) is 4.52. The van der Waals surface area contributed by atoms with Gasteiger partial charge in [0.15, 0.2) is 23.0 Å². The molecule has 7 saturated carbocycles. The Kier molecular flexibility index (Phi) is 35.4. The second kappa shape index (κ2) is 45.9. The van der Waals surface area contributed by atoms with Crippen molar-refractivity contribution in [2.24, 2.45) is 35.5 Å². The number of aromatic carboxylic acids is 3. The minimum Gasteiger partial charge on any atom is -0.493 e. The Balaban J connectivity index is 0.000000163. The number of ether oxygens (including phenoxy) is 9. The fraction of sp³-hybridized carbons (Fsp3) is 0.443. The Morgan fingerprint density at radius 2 is 0.640 bits per heavy atom. The highest BCUT2D eigenvalue weighted by molar-refractivity contribution is 5.91. The van der Waals surface area contributed by atoms with Crippen molar-refractivity contribution in [3.8, 4) is 51.7 Å². The van der Waals surface area contributed by atoms with Crippen molar-refractivity contribution in [2.45, 2.75) is 160 Å². The van der Waals surface area contributed by atoms with E-state index in [1.165, 1.54) is 109 Å². The Labute approximate surface area is 648 Å². The number of carbonyl (C=O) groups is 7. The summed E-state index contributed by atoms with van der Waals surface area (Å²) in [4.78, 5) is 74.2. The van der Waals surface area contributed by atoms with E-state index in [-0.39, 0.29) is 37.4 Å². The van der Waals surface area contributed by atoms with E-state index in [1.54, 1.807) is 136 Å². The van der Waals surface area contributed by atoms with Gasteiger partial charge in [-0.1, -0.05) is 67.8 Å². The van der Waals surface area contributed by atoms with Crippen LogP contribution in [0.15, 0.2) is 158 Å². The van der Waals surface area contributed by atoms with Crippen LogP contribution in [-0.2, 0) is 44.9 Å². The number of aliphatic carboxylic acids is 4. The minimum atomic E-state index is -0.931. The fourth-order valence-corrected chi connectivity index (χ4v) is 11.5. The van der Waals surface area contributed by atoms with Crippen molar-refractivity contribution in [2.75, 3.05) is 53.9 Å². The molecule has 0 unspecified atom stereocenters. The summed E-state index contributed by atoms with van der Waals surface area (Å²) >= 11 is 0. The van der Waals surface area contributed by atoms with Gasteiger partial charge in [0.05, 0.1) is 90.4 Å². The first kappa shape index (κ1) is 85.6. The van der Waals surface area contributed by atoms with Gasteiger partial charge in [-0.25, -0.2) is 14.4 Å². The molecular weight excluding hydrogens is 1420 g/mol. The lowest BCUT2D eigenvalue weighted by Crippen LogP contribution is -2.20. The van der Waals surface area contributed by atoms with E-state index in [4.69, 9.17) is 78.4 Å². The third-order valence-corrected chi connectivity index (χ3v) is 19.6. The number of carboxylic acids is 7. The van der Waals surface area contributed by atoms with Crippen molar-refractivity contribution in [1.29, 1.82) is 0 Å². The number of hydrogen-bond donors (Lipinski definition) is 7. The van der Waals surface area contributed by atoms with Crippen LogP contribution in [-0.4, -0.2) is 137 Å². The van der Waals surface area contributed by atoms with Gasteiger partial charge >= 0.3 is 41.8 Å². The summed E-state index contributed by atoms with van der Waals surface area (Å²) in [7, 11) is 3.14. The Bertz CT molecular complexity index is 4010. The molecule has 7 aromatic rings. The van der Waals surface area contributed by atoms with Crippen molar-refractivity contribution >= 4 is 41.8 Å². The number of methoxy groups -OCH3 is 2. The van der Waals surface area contributed by atoms with Crippen molar-refractivity contribution in [3.63, 3.8) is 0 Å². The molecule has 0 atom stereocenters. The Morgan fingerprint density at radius 3 is 0.991 bits per heavy atom. The maximum atomic E-state index is 10.9. The van der Waals surface area contributed by atoms with Crippen LogP contribution in [0.2, 0.25) is 0 Å². The van der Waals surface area contributed by atoms with Gasteiger partial charge in [-0.15, -0.1) is 0 Å². The molecule has 596 valence electrons. The molecule has 7 fully saturated rings. The predicted octanol–water partition coefficient (Wildman–Crippen LogP) is 17.0. The second-order valence-electron chi connectivity index (χ2n) is 28.9. The van der Waals surface area contributed by atoms with Crippen LogP contribution < -0.4 is 42.6 Å². The normalized spacial score (nSPS) is 15.3. The van der Waals surface area contributed by atoms with Gasteiger partial charge in [0.1, 0.15) is 34.3 Å². The molecular formula is C88H106O23. The monoisotopic (exact) mass is 1530 g/mol. The van der Waals surface area contributed by atoms with Crippen molar-refractivity contribution in [1.82, 2.24) is 0 Å². The van der Waals surface area contributed by atoms with Gasteiger partial charge in [-0.05, 0) is 276 Å². The lowest BCUT2D eigenvalue weighted by Gasteiger charge is -2.25. The second-order valence-corrected chi connectivity index (χ2v) is 28.9. The zero-order valence-corrected chi connectivity index (χ0v) is 63.4. The maximum Gasteiger partial charge on any atom is 0.339 e. The number of para-hydroxylation sites is 1. The van der Waals surface area contributed by atoms with Crippen LogP contribution in [0.1, 0.15) is 182 Å². The highest BCUT2D eigenvalue weighted by Crippen LogP contribution is 2.36.